The van der Waals surface area contributed by atoms with Crippen molar-refractivity contribution in [1.29, 1.82) is 0 Å². The number of rotatable bonds is 4. The largest absolute Gasteiger partial charge is 0.303 e. The van der Waals surface area contributed by atoms with Crippen LogP contribution in [0.3, 0.4) is 0 Å². The lowest BCUT2D eigenvalue weighted by Crippen LogP contribution is -2.45. The summed E-state index contributed by atoms with van der Waals surface area (Å²) in [6.45, 7) is 11.4. The normalized spacial score (nSPS) is 28.1. The van der Waals surface area contributed by atoms with Crippen LogP contribution in [0.15, 0.2) is 5.38 Å². The molecule has 0 saturated heterocycles. The molecule has 2 nitrogen and oxygen atoms in total. The van der Waals surface area contributed by atoms with Gasteiger partial charge in [-0.2, -0.15) is 0 Å². The lowest BCUT2D eigenvalue weighted by molar-refractivity contribution is 0.256. The predicted octanol–water partition coefficient (Wildman–Crippen LogP) is 4.88. The van der Waals surface area contributed by atoms with Crippen molar-refractivity contribution >= 4 is 11.3 Å². The van der Waals surface area contributed by atoms with Crippen molar-refractivity contribution in [3.63, 3.8) is 0 Å². The van der Waals surface area contributed by atoms with Crippen LogP contribution in [0.25, 0.3) is 0 Å². The predicted molar refractivity (Wildman–Crippen MR) is 88.2 cm³/mol. The molecule has 1 fully saturated rings. The van der Waals surface area contributed by atoms with Crippen molar-refractivity contribution in [1.82, 2.24) is 10.3 Å². The molecule has 20 heavy (non-hydrogen) atoms. The Bertz CT molecular complexity index is 424. The van der Waals surface area contributed by atoms with Crippen LogP contribution in [0.4, 0.5) is 0 Å². The molecule has 1 aliphatic rings. The van der Waals surface area contributed by atoms with Crippen molar-refractivity contribution in [2.24, 2.45) is 11.8 Å². The zero-order chi connectivity index (χ0) is 14.8. The maximum absolute atomic E-state index is 4.83. The molecule has 0 spiro atoms. The summed E-state index contributed by atoms with van der Waals surface area (Å²) in [5, 5.41) is 7.38. The summed E-state index contributed by atoms with van der Waals surface area (Å²) in [6, 6.07) is 0.509. The van der Waals surface area contributed by atoms with Crippen LogP contribution in [0.2, 0.25) is 0 Å². The fraction of sp³-hybridized carbons (Fsp3) is 0.824. The van der Waals surface area contributed by atoms with E-state index in [2.05, 4.69) is 45.3 Å². The Labute approximate surface area is 128 Å². The van der Waals surface area contributed by atoms with Gasteiger partial charge in [-0.05, 0) is 51.9 Å². The fourth-order valence-corrected chi connectivity index (χ4v) is 4.60. The van der Waals surface area contributed by atoms with Crippen LogP contribution in [0, 0.1) is 18.8 Å². The number of aromatic nitrogens is 1. The Morgan fingerprint density at radius 1 is 1.25 bits per heavy atom. The zero-order valence-electron chi connectivity index (χ0n) is 13.7. The van der Waals surface area contributed by atoms with Crippen molar-refractivity contribution in [2.45, 2.75) is 78.3 Å². The summed E-state index contributed by atoms with van der Waals surface area (Å²) >= 11 is 1.84. The van der Waals surface area contributed by atoms with Crippen molar-refractivity contribution in [2.75, 3.05) is 0 Å². The smallest absolute Gasteiger partial charge is 0.113 e. The standard InChI is InChI=1S/C17H30N2S/c1-12(2)15-7-6-9-17(10-8-15,19-13(3)4)16-18-14(5)11-20-16/h11-13,15,19H,6-10H2,1-5H3. The SMILES string of the molecule is Cc1csc(C2(NC(C)C)CCCC(C(C)C)CC2)n1. The van der Waals surface area contributed by atoms with Gasteiger partial charge in [-0.25, -0.2) is 4.98 Å². The number of hydrogen-bond acceptors (Lipinski definition) is 3. The Kier molecular flexibility index (Phi) is 5.25. The van der Waals surface area contributed by atoms with E-state index in [0.717, 1.165) is 11.8 Å². The Hall–Kier alpha value is -0.410. The van der Waals surface area contributed by atoms with Gasteiger partial charge in [0, 0.05) is 17.1 Å². The van der Waals surface area contributed by atoms with Gasteiger partial charge in [0.2, 0.25) is 0 Å². The van der Waals surface area contributed by atoms with Gasteiger partial charge in [0.05, 0.1) is 5.54 Å². The molecule has 2 unspecified atom stereocenters. The molecule has 1 aromatic heterocycles. The van der Waals surface area contributed by atoms with E-state index in [1.807, 2.05) is 11.3 Å². The van der Waals surface area contributed by atoms with E-state index in [1.54, 1.807) is 0 Å². The highest BCUT2D eigenvalue weighted by molar-refractivity contribution is 7.09. The van der Waals surface area contributed by atoms with Gasteiger partial charge in [-0.1, -0.05) is 26.7 Å². The van der Waals surface area contributed by atoms with Gasteiger partial charge in [0.1, 0.15) is 5.01 Å². The molecule has 0 bridgehead atoms. The summed E-state index contributed by atoms with van der Waals surface area (Å²) in [5.41, 5.74) is 1.29. The van der Waals surface area contributed by atoms with E-state index < -0.39 is 0 Å². The van der Waals surface area contributed by atoms with Gasteiger partial charge in [-0.3, -0.25) is 0 Å². The second kappa shape index (κ2) is 6.57. The molecule has 3 heteroatoms. The van der Waals surface area contributed by atoms with Gasteiger partial charge in [0.15, 0.2) is 0 Å². The van der Waals surface area contributed by atoms with Crippen LogP contribution in [-0.2, 0) is 5.54 Å². The van der Waals surface area contributed by atoms with Crippen LogP contribution < -0.4 is 5.32 Å². The monoisotopic (exact) mass is 294 g/mol. The number of aryl methyl sites for hydroxylation is 1. The van der Waals surface area contributed by atoms with Crippen molar-refractivity contribution in [3.05, 3.63) is 16.1 Å². The van der Waals surface area contributed by atoms with Crippen LogP contribution in [0.1, 0.15) is 70.5 Å². The first-order chi connectivity index (χ1) is 9.43. The van der Waals surface area contributed by atoms with Gasteiger partial charge in [0.25, 0.3) is 0 Å². The van der Waals surface area contributed by atoms with Crippen LogP contribution in [0.5, 0.6) is 0 Å². The summed E-state index contributed by atoms with van der Waals surface area (Å²) < 4.78 is 0. The summed E-state index contributed by atoms with van der Waals surface area (Å²) in [6.07, 6.45) is 6.50. The number of nitrogens with zero attached hydrogens (tertiary/aromatic N) is 1. The fourth-order valence-electron chi connectivity index (χ4n) is 3.58. The molecular formula is C17H30N2S. The molecule has 0 aromatic carbocycles. The number of hydrogen-bond donors (Lipinski definition) is 1. The maximum Gasteiger partial charge on any atom is 0.113 e. The topological polar surface area (TPSA) is 24.9 Å². The molecule has 1 saturated carbocycles. The summed E-state index contributed by atoms with van der Waals surface area (Å²) in [5.74, 6) is 1.69. The molecule has 2 rings (SSSR count). The van der Waals surface area contributed by atoms with E-state index in [4.69, 9.17) is 4.98 Å². The molecule has 1 N–H and O–H groups in total. The Balaban J connectivity index is 2.24. The highest BCUT2D eigenvalue weighted by atomic mass is 32.1. The first-order valence-corrected chi connectivity index (χ1v) is 9.01. The average molecular weight is 295 g/mol. The minimum absolute atomic E-state index is 0.122. The summed E-state index contributed by atoms with van der Waals surface area (Å²) in [7, 11) is 0. The number of thiazole rings is 1. The first kappa shape index (κ1) is 16.0. The van der Waals surface area contributed by atoms with E-state index in [-0.39, 0.29) is 5.54 Å². The Morgan fingerprint density at radius 2 is 2.00 bits per heavy atom. The highest BCUT2D eigenvalue weighted by Gasteiger charge is 2.37. The van der Waals surface area contributed by atoms with E-state index in [0.29, 0.717) is 6.04 Å². The molecule has 114 valence electrons. The third-order valence-electron chi connectivity index (χ3n) is 4.66. The first-order valence-electron chi connectivity index (χ1n) is 8.13. The molecule has 1 heterocycles. The average Bonchev–Trinajstić information content (AvgIpc) is 2.68. The van der Waals surface area contributed by atoms with Crippen LogP contribution >= 0.6 is 11.3 Å². The van der Waals surface area contributed by atoms with Gasteiger partial charge >= 0.3 is 0 Å². The van der Waals surface area contributed by atoms with E-state index >= 15 is 0 Å². The molecule has 1 aromatic rings. The quantitative estimate of drug-likeness (QED) is 0.800. The van der Waals surface area contributed by atoms with E-state index in [1.165, 1.54) is 42.8 Å². The molecular weight excluding hydrogens is 264 g/mol. The van der Waals surface area contributed by atoms with Crippen molar-refractivity contribution < 1.29 is 0 Å². The van der Waals surface area contributed by atoms with E-state index in [9.17, 15) is 0 Å². The van der Waals surface area contributed by atoms with Gasteiger partial charge < -0.3 is 5.32 Å². The molecule has 0 aliphatic heterocycles. The molecule has 0 amide bonds. The lowest BCUT2D eigenvalue weighted by atomic mass is 9.86. The minimum Gasteiger partial charge on any atom is -0.303 e. The van der Waals surface area contributed by atoms with Gasteiger partial charge in [-0.15, -0.1) is 11.3 Å². The lowest BCUT2D eigenvalue weighted by Gasteiger charge is -2.34. The molecule has 1 aliphatic carbocycles. The second-order valence-corrected chi connectivity index (χ2v) is 7.97. The highest BCUT2D eigenvalue weighted by Crippen LogP contribution is 2.41. The molecule has 0 radical (unpaired) electrons. The zero-order valence-corrected chi connectivity index (χ0v) is 14.5. The third-order valence-corrected chi connectivity index (χ3v) is 5.82. The molecule has 2 atom stereocenters. The second-order valence-electron chi connectivity index (χ2n) is 7.11. The van der Waals surface area contributed by atoms with Crippen LogP contribution in [-0.4, -0.2) is 11.0 Å². The Morgan fingerprint density at radius 3 is 2.55 bits per heavy atom. The van der Waals surface area contributed by atoms with Crippen molar-refractivity contribution in [3.8, 4) is 0 Å². The number of nitrogens with one attached hydrogen (secondary N) is 1. The summed E-state index contributed by atoms with van der Waals surface area (Å²) in [4.78, 5) is 4.83. The third kappa shape index (κ3) is 3.62. The maximum atomic E-state index is 4.83. The minimum atomic E-state index is 0.122.